The number of rotatable bonds is 3. The fraction of sp³-hybridized carbons (Fsp3) is 0.286. The molecule has 1 aliphatic rings. The molecule has 1 aliphatic heterocycles. The largest absolute Gasteiger partial charge is 0.312 e. The Hall–Kier alpha value is -1.81. The van der Waals surface area contributed by atoms with Crippen molar-refractivity contribution in [3.8, 4) is 5.69 Å². The van der Waals surface area contributed by atoms with Crippen molar-refractivity contribution in [3.63, 3.8) is 0 Å². The van der Waals surface area contributed by atoms with E-state index in [9.17, 15) is 4.79 Å². The van der Waals surface area contributed by atoms with E-state index in [0.717, 1.165) is 11.4 Å². The first-order valence-electron chi connectivity index (χ1n) is 6.22. The highest BCUT2D eigenvalue weighted by Gasteiger charge is 2.29. The topological polar surface area (TPSA) is 38.1 Å². The Kier molecular flexibility index (Phi) is 3.25. The fourth-order valence-corrected chi connectivity index (χ4v) is 2.56. The molecule has 1 saturated heterocycles. The quantitative estimate of drug-likeness (QED) is 0.807. The number of benzene rings is 1. The molecule has 0 bridgehead atoms. The van der Waals surface area contributed by atoms with E-state index in [2.05, 4.69) is 4.98 Å². The summed E-state index contributed by atoms with van der Waals surface area (Å²) in [5.74, 6) is 0.957. The standard InChI is InChI=1S/C14H14ClN3O/c15-8-11-7-14(19)18(9-11)13-3-1-12(2-4-13)17-6-5-16-10-17/h1-6,10-11H,7-9H2. The van der Waals surface area contributed by atoms with E-state index >= 15 is 0 Å². The van der Waals surface area contributed by atoms with Gasteiger partial charge in [-0.2, -0.15) is 0 Å². The van der Waals surface area contributed by atoms with Gasteiger partial charge in [-0.05, 0) is 30.2 Å². The number of carbonyl (C=O) groups excluding carboxylic acids is 1. The molecule has 4 nitrogen and oxygen atoms in total. The lowest BCUT2D eigenvalue weighted by Gasteiger charge is -2.16. The molecule has 0 aliphatic carbocycles. The van der Waals surface area contributed by atoms with Gasteiger partial charge in [-0.15, -0.1) is 11.6 Å². The highest BCUT2D eigenvalue weighted by molar-refractivity contribution is 6.18. The zero-order chi connectivity index (χ0) is 13.2. The summed E-state index contributed by atoms with van der Waals surface area (Å²) in [7, 11) is 0. The average molecular weight is 276 g/mol. The van der Waals surface area contributed by atoms with Crippen molar-refractivity contribution < 1.29 is 4.79 Å². The van der Waals surface area contributed by atoms with E-state index in [-0.39, 0.29) is 11.8 Å². The van der Waals surface area contributed by atoms with E-state index in [0.29, 0.717) is 18.8 Å². The summed E-state index contributed by atoms with van der Waals surface area (Å²) in [5, 5.41) is 0. The SMILES string of the molecule is O=C1CC(CCl)CN1c1ccc(-n2ccnc2)cc1. The Morgan fingerprint density at radius 2 is 2.00 bits per heavy atom. The molecule has 1 fully saturated rings. The molecule has 0 radical (unpaired) electrons. The number of alkyl halides is 1. The van der Waals surface area contributed by atoms with Crippen molar-refractivity contribution in [3.05, 3.63) is 43.0 Å². The van der Waals surface area contributed by atoms with Crippen molar-refractivity contribution in [2.75, 3.05) is 17.3 Å². The Balaban J connectivity index is 1.81. The van der Waals surface area contributed by atoms with Crippen molar-refractivity contribution in [1.29, 1.82) is 0 Å². The van der Waals surface area contributed by atoms with E-state index in [1.807, 2.05) is 39.9 Å². The van der Waals surface area contributed by atoms with Gasteiger partial charge in [0, 0.05) is 42.6 Å². The van der Waals surface area contributed by atoms with E-state index in [4.69, 9.17) is 11.6 Å². The van der Waals surface area contributed by atoms with Crippen LogP contribution in [0.5, 0.6) is 0 Å². The first-order chi connectivity index (χ1) is 9.28. The maximum atomic E-state index is 11.9. The molecule has 1 atom stereocenters. The van der Waals surface area contributed by atoms with Crippen LogP contribution < -0.4 is 4.90 Å². The molecule has 1 amide bonds. The first kappa shape index (κ1) is 12.2. The second-order valence-electron chi connectivity index (χ2n) is 4.72. The Morgan fingerprint density at radius 3 is 2.58 bits per heavy atom. The van der Waals surface area contributed by atoms with Crippen LogP contribution in [0.15, 0.2) is 43.0 Å². The molecule has 98 valence electrons. The summed E-state index contributed by atoms with van der Waals surface area (Å²) in [6.07, 6.45) is 5.93. The molecule has 1 unspecified atom stereocenters. The van der Waals surface area contributed by atoms with Crippen LogP contribution in [0.4, 0.5) is 5.69 Å². The molecule has 5 heteroatoms. The molecule has 0 spiro atoms. The molecule has 19 heavy (non-hydrogen) atoms. The maximum Gasteiger partial charge on any atom is 0.227 e. The van der Waals surface area contributed by atoms with Crippen LogP contribution in [0.1, 0.15) is 6.42 Å². The van der Waals surface area contributed by atoms with Crippen LogP contribution in [0.2, 0.25) is 0 Å². The van der Waals surface area contributed by atoms with Gasteiger partial charge in [-0.3, -0.25) is 4.79 Å². The van der Waals surface area contributed by atoms with Crippen molar-refractivity contribution in [2.45, 2.75) is 6.42 Å². The van der Waals surface area contributed by atoms with Crippen LogP contribution in [0, 0.1) is 5.92 Å². The van der Waals surface area contributed by atoms with Gasteiger partial charge >= 0.3 is 0 Å². The minimum atomic E-state index is 0.154. The minimum Gasteiger partial charge on any atom is -0.312 e. The van der Waals surface area contributed by atoms with Crippen molar-refractivity contribution in [1.82, 2.24) is 9.55 Å². The average Bonchev–Trinajstić information content (AvgIpc) is 3.08. The maximum absolute atomic E-state index is 11.9. The molecule has 1 aromatic carbocycles. The lowest BCUT2D eigenvalue weighted by Crippen LogP contribution is -2.24. The monoisotopic (exact) mass is 275 g/mol. The molecule has 0 saturated carbocycles. The zero-order valence-corrected chi connectivity index (χ0v) is 11.1. The number of hydrogen-bond acceptors (Lipinski definition) is 2. The third-order valence-electron chi connectivity index (χ3n) is 3.39. The number of halogens is 1. The fourth-order valence-electron chi connectivity index (χ4n) is 2.35. The third kappa shape index (κ3) is 2.36. The first-order valence-corrected chi connectivity index (χ1v) is 6.76. The minimum absolute atomic E-state index is 0.154. The second kappa shape index (κ2) is 5.05. The summed E-state index contributed by atoms with van der Waals surface area (Å²) in [5.41, 5.74) is 1.96. The highest BCUT2D eigenvalue weighted by Crippen LogP contribution is 2.26. The highest BCUT2D eigenvalue weighted by atomic mass is 35.5. The molecular formula is C14H14ClN3O. The predicted octanol–water partition coefficient (Wildman–Crippen LogP) is 2.46. The van der Waals surface area contributed by atoms with Crippen LogP contribution in [-0.4, -0.2) is 27.9 Å². The molecule has 3 rings (SSSR count). The molecule has 0 N–H and O–H groups in total. The Morgan fingerprint density at radius 1 is 1.26 bits per heavy atom. The van der Waals surface area contributed by atoms with Crippen LogP contribution >= 0.6 is 11.6 Å². The second-order valence-corrected chi connectivity index (χ2v) is 5.02. The number of carbonyl (C=O) groups is 1. The van der Waals surface area contributed by atoms with Crippen LogP contribution in [0.25, 0.3) is 5.69 Å². The molecular weight excluding hydrogens is 262 g/mol. The molecule has 2 heterocycles. The Bertz CT molecular complexity index is 565. The third-order valence-corrected chi connectivity index (χ3v) is 3.82. The number of amides is 1. The van der Waals surface area contributed by atoms with Gasteiger partial charge in [0.05, 0.1) is 6.33 Å². The number of imidazole rings is 1. The smallest absolute Gasteiger partial charge is 0.227 e. The number of anilines is 1. The number of aromatic nitrogens is 2. The van der Waals surface area contributed by atoms with E-state index < -0.39 is 0 Å². The predicted molar refractivity (Wildman–Crippen MR) is 74.7 cm³/mol. The van der Waals surface area contributed by atoms with Crippen molar-refractivity contribution >= 4 is 23.2 Å². The van der Waals surface area contributed by atoms with Gasteiger partial charge in [-0.25, -0.2) is 4.98 Å². The van der Waals surface area contributed by atoms with Gasteiger partial charge in [0.2, 0.25) is 5.91 Å². The van der Waals surface area contributed by atoms with Gasteiger partial charge in [0.1, 0.15) is 0 Å². The van der Waals surface area contributed by atoms with E-state index in [1.165, 1.54) is 0 Å². The Labute approximate surface area is 116 Å². The number of nitrogens with zero attached hydrogens (tertiary/aromatic N) is 3. The summed E-state index contributed by atoms with van der Waals surface area (Å²) < 4.78 is 1.93. The molecule has 2 aromatic rings. The lowest BCUT2D eigenvalue weighted by molar-refractivity contribution is -0.117. The normalized spacial score (nSPS) is 19.1. The number of hydrogen-bond donors (Lipinski definition) is 0. The summed E-state index contributed by atoms with van der Waals surface area (Å²) in [6.45, 7) is 0.715. The van der Waals surface area contributed by atoms with Crippen molar-refractivity contribution in [2.24, 2.45) is 5.92 Å². The van der Waals surface area contributed by atoms with Gasteiger partial charge in [-0.1, -0.05) is 0 Å². The van der Waals surface area contributed by atoms with E-state index in [1.54, 1.807) is 12.5 Å². The van der Waals surface area contributed by atoms with Gasteiger partial charge in [0.25, 0.3) is 0 Å². The van der Waals surface area contributed by atoms with Crippen LogP contribution in [0.3, 0.4) is 0 Å². The summed E-state index contributed by atoms with van der Waals surface area (Å²) in [4.78, 5) is 17.7. The zero-order valence-electron chi connectivity index (χ0n) is 10.4. The lowest BCUT2D eigenvalue weighted by atomic mass is 10.1. The summed E-state index contributed by atoms with van der Waals surface area (Å²) in [6, 6.07) is 7.89. The van der Waals surface area contributed by atoms with Gasteiger partial charge in [0.15, 0.2) is 0 Å². The van der Waals surface area contributed by atoms with Gasteiger partial charge < -0.3 is 9.47 Å². The molecule has 1 aromatic heterocycles. The van der Waals surface area contributed by atoms with Crippen LogP contribution in [-0.2, 0) is 4.79 Å². The summed E-state index contributed by atoms with van der Waals surface area (Å²) >= 11 is 5.83.